The van der Waals surface area contributed by atoms with Crippen molar-refractivity contribution in [1.82, 2.24) is 20.1 Å². The van der Waals surface area contributed by atoms with Crippen LogP contribution in [0.2, 0.25) is 5.02 Å². The number of fused-ring (bicyclic) bond motifs is 2. The topological polar surface area (TPSA) is 95.9 Å². The number of ether oxygens (including phenoxy) is 4. The van der Waals surface area contributed by atoms with Crippen molar-refractivity contribution >= 4 is 17.7 Å². The number of piperidine rings is 2. The van der Waals surface area contributed by atoms with E-state index in [9.17, 15) is 4.79 Å². The Kier molecular flexibility index (Phi) is 7.61. The van der Waals surface area contributed by atoms with Crippen LogP contribution in [0.3, 0.4) is 0 Å². The molecule has 2 aromatic rings. The molecule has 190 valence electrons. The van der Waals surface area contributed by atoms with E-state index in [2.05, 4.69) is 15.2 Å². The maximum Gasteiger partial charge on any atom is 0.410 e. The van der Waals surface area contributed by atoms with Crippen molar-refractivity contribution in [2.75, 3.05) is 13.9 Å². The second-order valence-electron chi connectivity index (χ2n) is 9.69. The van der Waals surface area contributed by atoms with Crippen molar-refractivity contribution < 1.29 is 28.1 Å². The van der Waals surface area contributed by atoms with Crippen molar-refractivity contribution in [3.05, 3.63) is 29.4 Å². The van der Waals surface area contributed by atoms with Gasteiger partial charge in [0, 0.05) is 24.6 Å². The molecule has 0 aliphatic carbocycles. The molecule has 2 aliphatic rings. The fourth-order valence-electron chi connectivity index (χ4n) is 4.53. The average Bonchev–Trinajstić information content (AvgIpc) is 2.80. The number of halogens is 2. The van der Waals surface area contributed by atoms with Gasteiger partial charge in [-0.3, -0.25) is 4.90 Å². The maximum absolute atomic E-state index is 15.5. The molecule has 3 heterocycles. The van der Waals surface area contributed by atoms with Gasteiger partial charge in [0.15, 0.2) is 18.8 Å². The number of hydrogen-bond donors (Lipinski definition) is 0. The van der Waals surface area contributed by atoms with Gasteiger partial charge in [-0.15, -0.1) is 10.2 Å². The molecule has 0 N–H and O–H groups in total. The van der Waals surface area contributed by atoms with Gasteiger partial charge in [0.05, 0.1) is 17.8 Å². The van der Waals surface area contributed by atoms with Crippen molar-refractivity contribution in [2.24, 2.45) is 0 Å². The molecule has 4 rings (SSSR count). The summed E-state index contributed by atoms with van der Waals surface area (Å²) in [5.41, 5.74) is -0.0689. The van der Waals surface area contributed by atoms with Gasteiger partial charge in [0.2, 0.25) is 0 Å². The molecule has 11 heteroatoms. The first-order valence-electron chi connectivity index (χ1n) is 11.6. The van der Waals surface area contributed by atoms with Crippen molar-refractivity contribution in [1.29, 1.82) is 0 Å². The minimum absolute atomic E-state index is 0.0319. The minimum Gasteiger partial charge on any atom is -0.469 e. The molecule has 2 unspecified atom stereocenters. The van der Waals surface area contributed by atoms with Crippen LogP contribution in [0, 0.1) is 0 Å². The number of benzene rings is 1. The monoisotopic (exact) mass is 508 g/mol. The second-order valence-corrected chi connectivity index (χ2v) is 10.1. The lowest BCUT2D eigenvalue weighted by Crippen LogP contribution is -2.63. The van der Waals surface area contributed by atoms with Crippen molar-refractivity contribution in [2.45, 2.75) is 76.4 Å². The van der Waals surface area contributed by atoms with Crippen LogP contribution in [0.4, 0.5) is 9.18 Å². The first kappa shape index (κ1) is 25.4. The van der Waals surface area contributed by atoms with Gasteiger partial charge in [0.1, 0.15) is 17.5 Å². The number of carbonyl (C=O) groups is 1. The molecule has 2 bridgehead atoms. The normalized spacial score (nSPS) is 24.1. The molecule has 2 saturated heterocycles. The van der Waals surface area contributed by atoms with E-state index >= 15 is 4.39 Å². The smallest absolute Gasteiger partial charge is 0.410 e. The molecular formula is C24H30ClFN4O5. The third-order valence-electron chi connectivity index (χ3n) is 5.95. The Morgan fingerprint density at radius 3 is 2.74 bits per heavy atom. The maximum atomic E-state index is 15.5. The Bertz CT molecular complexity index is 1040. The molecule has 0 radical (unpaired) electrons. The van der Waals surface area contributed by atoms with Gasteiger partial charge in [-0.25, -0.2) is 14.2 Å². The molecule has 0 spiro atoms. The summed E-state index contributed by atoms with van der Waals surface area (Å²) in [7, 11) is 1.51. The predicted molar refractivity (Wildman–Crippen MR) is 126 cm³/mol. The number of amides is 1. The van der Waals surface area contributed by atoms with Gasteiger partial charge in [-0.05, 0) is 58.2 Å². The number of alkyl halides is 1. The highest BCUT2D eigenvalue weighted by atomic mass is 35.5. The van der Waals surface area contributed by atoms with E-state index in [-0.39, 0.29) is 18.7 Å². The van der Waals surface area contributed by atoms with Gasteiger partial charge in [-0.2, -0.15) is 0 Å². The number of hydrogen-bond acceptors (Lipinski definition) is 8. The Balaban J connectivity index is 1.47. The molecule has 2 aliphatic heterocycles. The zero-order chi connectivity index (χ0) is 25.2. The van der Waals surface area contributed by atoms with E-state index in [1.54, 1.807) is 43.9 Å². The summed E-state index contributed by atoms with van der Waals surface area (Å²) in [6.45, 7) is 5.44. The van der Waals surface area contributed by atoms with Gasteiger partial charge < -0.3 is 18.9 Å². The lowest BCUT2D eigenvalue weighted by molar-refractivity contribution is -0.0802. The quantitative estimate of drug-likeness (QED) is 0.512. The van der Waals surface area contributed by atoms with Crippen molar-refractivity contribution in [3.8, 4) is 23.0 Å². The van der Waals surface area contributed by atoms with Crippen LogP contribution in [0.15, 0.2) is 24.4 Å². The molecule has 2 fully saturated rings. The fourth-order valence-corrected chi connectivity index (χ4v) is 4.70. The Labute approximate surface area is 208 Å². The number of aromatic nitrogens is 3. The molecule has 0 saturated carbocycles. The molecule has 1 aromatic heterocycles. The molecule has 35 heavy (non-hydrogen) atoms. The average molecular weight is 509 g/mol. The Morgan fingerprint density at radius 1 is 1.26 bits per heavy atom. The molecule has 1 aromatic carbocycles. The van der Waals surface area contributed by atoms with E-state index in [4.69, 9.17) is 30.5 Å². The summed E-state index contributed by atoms with van der Waals surface area (Å²) in [4.78, 5) is 18.6. The van der Waals surface area contributed by atoms with E-state index in [0.29, 0.717) is 35.0 Å². The number of carbonyl (C=O) groups excluding carboxylic acids is 1. The SMILES string of the molecule is COCOc1cc(Cl)ccc1-c1ncc(O[C@@H]2CC3CCCC([C@H]2F)N3C(=O)OC(C)(C)C)nn1. The minimum atomic E-state index is -1.38. The highest BCUT2D eigenvalue weighted by molar-refractivity contribution is 6.30. The van der Waals surface area contributed by atoms with Gasteiger partial charge in [0.25, 0.3) is 5.88 Å². The first-order valence-corrected chi connectivity index (χ1v) is 12.0. The van der Waals surface area contributed by atoms with Crippen LogP contribution < -0.4 is 9.47 Å². The van der Waals surface area contributed by atoms with Crippen LogP contribution in [-0.2, 0) is 9.47 Å². The molecular weight excluding hydrogens is 479 g/mol. The van der Waals surface area contributed by atoms with Crippen LogP contribution in [0.1, 0.15) is 46.5 Å². The number of methoxy groups -OCH3 is 1. The van der Waals surface area contributed by atoms with Crippen LogP contribution in [-0.4, -0.2) is 70.0 Å². The summed E-state index contributed by atoms with van der Waals surface area (Å²) >= 11 is 6.07. The van der Waals surface area contributed by atoms with E-state index in [1.807, 2.05) is 0 Å². The van der Waals surface area contributed by atoms with Gasteiger partial charge >= 0.3 is 6.09 Å². The predicted octanol–water partition coefficient (Wildman–Crippen LogP) is 4.82. The summed E-state index contributed by atoms with van der Waals surface area (Å²) < 4.78 is 37.4. The Hall–Kier alpha value is -2.72. The first-order chi connectivity index (χ1) is 16.7. The second kappa shape index (κ2) is 10.5. The van der Waals surface area contributed by atoms with E-state index in [0.717, 1.165) is 12.8 Å². The van der Waals surface area contributed by atoms with E-state index < -0.39 is 30.0 Å². The summed E-state index contributed by atoms with van der Waals surface area (Å²) in [5, 5.41) is 8.72. The lowest BCUT2D eigenvalue weighted by atomic mass is 9.82. The highest BCUT2D eigenvalue weighted by Gasteiger charge is 2.50. The Morgan fingerprint density at radius 2 is 2.06 bits per heavy atom. The summed E-state index contributed by atoms with van der Waals surface area (Å²) in [6.07, 6.45) is 1.30. The van der Waals surface area contributed by atoms with Crippen LogP contribution in [0.5, 0.6) is 11.6 Å². The largest absolute Gasteiger partial charge is 0.469 e. The number of nitrogens with zero attached hydrogens (tertiary/aromatic N) is 4. The molecule has 4 atom stereocenters. The van der Waals surface area contributed by atoms with Crippen molar-refractivity contribution in [3.63, 3.8) is 0 Å². The third kappa shape index (κ3) is 5.92. The van der Waals surface area contributed by atoms with Gasteiger partial charge in [-0.1, -0.05) is 11.6 Å². The number of rotatable bonds is 6. The zero-order valence-electron chi connectivity index (χ0n) is 20.2. The standard InChI is InChI=1S/C24H30ClFN4O5/c1-24(2,3)35-23(31)30-15-6-5-7-17(30)21(26)19(11-15)34-20-12-27-22(29-28-20)16-9-8-14(25)10-18(16)33-13-32-4/h8-10,12,15,17,19,21H,5-7,11,13H2,1-4H3/t15?,17?,19-,21-/m1/s1. The van der Waals surface area contributed by atoms with Crippen LogP contribution >= 0.6 is 11.6 Å². The zero-order valence-corrected chi connectivity index (χ0v) is 21.0. The third-order valence-corrected chi connectivity index (χ3v) is 6.18. The fraction of sp³-hybridized carbons (Fsp3) is 0.583. The van der Waals surface area contributed by atoms with Crippen LogP contribution in [0.25, 0.3) is 11.4 Å². The molecule has 9 nitrogen and oxygen atoms in total. The lowest BCUT2D eigenvalue weighted by Gasteiger charge is -2.49. The summed E-state index contributed by atoms with van der Waals surface area (Å²) in [5.74, 6) is 0.855. The highest BCUT2D eigenvalue weighted by Crippen LogP contribution is 2.38. The van der Waals surface area contributed by atoms with E-state index in [1.165, 1.54) is 13.3 Å². The summed E-state index contributed by atoms with van der Waals surface area (Å²) in [6, 6.07) is 4.28. The molecule has 1 amide bonds.